The maximum atomic E-state index is 6.73. The normalized spacial score (nSPS) is 12.9. The number of pyridine rings is 2. The first kappa shape index (κ1) is 35.8. The summed E-state index contributed by atoms with van der Waals surface area (Å²) in [5.41, 5.74) is 11.1. The van der Waals surface area contributed by atoms with Crippen LogP contribution in [0.25, 0.3) is 49.6 Å². The molecule has 10 rings (SSSR count). The zero-order valence-electron chi connectivity index (χ0n) is 31.9. The van der Waals surface area contributed by atoms with Crippen LogP contribution >= 0.6 is 0 Å². The van der Waals surface area contributed by atoms with Crippen LogP contribution in [0.15, 0.2) is 120 Å². The summed E-state index contributed by atoms with van der Waals surface area (Å²) in [6, 6.07) is 42.6. The van der Waals surface area contributed by atoms with Crippen molar-refractivity contribution in [3.05, 3.63) is 157 Å². The molecule has 7 nitrogen and oxygen atoms in total. The fraction of sp³-hybridized carbons (Fsp3) is 0.146. The number of fused-ring (bicyclic) bond motifs is 7. The third-order valence-electron chi connectivity index (χ3n) is 10.6. The molecular weight excluding hydrogens is 874 g/mol. The molecule has 0 saturated carbocycles. The molecule has 280 valence electrons. The molecule has 0 aliphatic carbocycles. The first-order chi connectivity index (χ1) is 26.6. The maximum absolute atomic E-state index is 6.73. The summed E-state index contributed by atoms with van der Waals surface area (Å²) >= 11 is 0. The first-order valence-electron chi connectivity index (χ1n) is 18.6. The van der Waals surface area contributed by atoms with Crippen molar-refractivity contribution in [2.75, 3.05) is 9.80 Å². The molecule has 9 aromatic rings. The molecule has 0 atom stereocenters. The topological polar surface area (TPSA) is 59.6 Å². The number of ether oxygens (including phenoxy) is 1. The van der Waals surface area contributed by atoms with Crippen LogP contribution in [0.1, 0.15) is 43.0 Å². The smallest absolute Gasteiger partial charge is 0.135 e. The van der Waals surface area contributed by atoms with Crippen LogP contribution in [0.2, 0.25) is 0 Å². The Morgan fingerprint density at radius 2 is 1.46 bits per heavy atom. The number of benzene rings is 5. The molecule has 0 bridgehead atoms. The van der Waals surface area contributed by atoms with E-state index in [0.29, 0.717) is 17.1 Å². The fourth-order valence-corrected chi connectivity index (χ4v) is 8.17. The Balaban J connectivity index is 0.00000410. The van der Waals surface area contributed by atoms with E-state index >= 15 is 0 Å². The Hall–Kier alpha value is -5.91. The van der Waals surface area contributed by atoms with Gasteiger partial charge < -0.3 is 23.5 Å². The van der Waals surface area contributed by atoms with Gasteiger partial charge in [-0.1, -0.05) is 97.5 Å². The molecule has 4 aromatic heterocycles. The molecule has 0 spiro atoms. The van der Waals surface area contributed by atoms with Crippen molar-refractivity contribution in [2.45, 2.75) is 47.0 Å². The largest absolute Gasteiger partial charge is 0.509 e. The van der Waals surface area contributed by atoms with Crippen LogP contribution in [-0.2, 0) is 26.5 Å². The summed E-state index contributed by atoms with van der Waals surface area (Å²) in [5, 5.41) is 4.11. The van der Waals surface area contributed by atoms with E-state index in [-0.39, 0.29) is 26.5 Å². The van der Waals surface area contributed by atoms with Crippen molar-refractivity contribution in [1.29, 1.82) is 0 Å². The van der Waals surface area contributed by atoms with E-state index < -0.39 is 0 Å². The Labute approximate surface area is 340 Å². The zero-order valence-corrected chi connectivity index (χ0v) is 34.2. The van der Waals surface area contributed by atoms with E-state index in [1.807, 2.05) is 48.8 Å². The number of furan rings is 1. The van der Waals surface area contributed by atoms with Gasteiger partial charge in [-0.3, -0.25) is 0 Å². The molecule has 1 aliphatic heterocycles. The van der Waals surface area contributed by atoms with Crippen molar-refractivity contribution < 1.29 is 30.2 Å². The van der Waals surface area contributed by atoms with Gasteiger partial charge in [0.05, 0.1) is 5.69 Å². The monoisotopic (exact) mass is 911 g/mol. The zero-order chi connectivity index (χ0) is 37.6. The molecule has 0 unspecified atom stereocenters. The Morgan fingerprint density at radius 1 is 0.696 bits per heavy atom. The maximum Gasteiger partial charge on any atom is 0.135 e. The molecular formula is C48H38N5O2Pt-3. The van der Waals surface area contributed by atoms with Crippen molar-refractivity contribution in [1.82, 2.24) is 14.5 Å². The fourth-order valence-electron chi connectivity index (χ4n) is 8.17. The van der Waals surface area contributed by atoms with E-state index in [1.165, 1.54) is 22.3 Å². The minimum absolute atomic E-state index is 0. The van der Waals surface area contributed by atoms with Gasteiger partial charge in [0, 0.05) is 61.7 Å². The van der Waals surface area contributed by atoms with E-state index in [2.05, 4.69) is 141 Å². The molecule has 0 radical (unpaired) electrons. The average Bonchev–Trinajstić information content (AvgIpc) is 3.84. The number of aromatic nitrogens is 3. The van der Waals surface area contributed by atoms with Gasteiger partial charge in [-0.2, -0.15) is 6.07 Å². The number of hydrogen-bond acceptors (Lipinski definition) is 6. The summed E-state index contributed by atoms with van der Waals surface area (Å²) in [7, 11) is 0. The first-order valence-corrected chi connectivity index (χ1v) is 18.6. The Kier molecular flexibility index (Phi) is 8.55. The molecule has 8 heteroatoms. The van der Waals surface area contributed by atoms with Crippen LogP contribution in [0, 0.1) is 39.6 Å². The van der Waals surface area contributed by atoms with Gasteiger partial charge in [0.1, 0.15) is 17.2 Å². The standard InChI is InChI=1S/C48H38N5O2.Pt/c1-29-22-30(2)46(31(3)23-29)51-28-52(47-39(51)15-11-20-50-47)41-26-34(27-43-45(41)37-13-8-10-16-42(37)55-43)54-33-17-18-36-35-12-7-9-14-38(35)53(40(36)25-33)44-24-32(19-21-49-44)48(4,5)6;/h7-24,27-28H,1-6H3;/q-3;. The third-order valence-corrected chi connectivity index (χ3v) is 10.6. The van der Waals surface area contributed by atoms with E-state index in [9.17, 15) is 0 Å². The summed E-state index contributed by atoms with van der Waals surface area (Å²) in [6.45, 7) is 15.2. The summed E-state index contributed by atoms with van der Waals surface area (Å²) in [5.74, 6) is 2.69. The number of rotatable bonds is 5. The summed E-state index contributed by atoms with van der Waals surface area (Å²) in [4.78, 5) is 14.1. The quantitative estimate of drug-likeness (QED) is 0.160. The average molecular weight is 912 g/mol. The number of hydrogen-bond donors (Lipinski definition) is 0. The summed E-state index contributed by atoms with van der Waals surface area (Å²) in [6.07, 6.45) is 3.72. The number of anilines is 4. The molecule has 0 N–H and O–H groups in total. The summed E-state index contributed by atoms with van der Waals surface area (Å²) < 4.78 is 15.4. The molecule has 1 aliphatic rings. The predicted molar refractivity (Wildman–Crippen MR) is 222 cm³/mol. The number of para-hydroxylation sites is 2. The van der Waals surface area contributed by atoms with Crippen molar-refractivity contribution >= 4 is 66.6 Å². The van der Waals surface area contributed by atoms with Crippen molar-refractivity contribution in [3.63, 3.8) is 0 Å². The number of nitrogens with zero attached hydrogens (tertiary/aromatic N) is 5. The van der Waals surface area contributed by atoms with Gasteiger partial charge in [0.2, 0.25) is 0 Å². The molecule has 5 heterocycles. The van der Waals surface area contributed by atoms with E-state index in [4.69, 9.17) is 19.1 Å². The van der Waals surface area contributed by atoms with Crippen LogP contribution in [0.5, 0.6) is 11.5 Å². The second-order valence-electron chi connectivity index (χ2n) is 15.5. The Morgan fingerprint density at radius 3 is 2.27 bits per heavy atom. The van der Waals surface area contributed by atoms with Gasteiger partial charge >= 0.3 is 0 Å². The molecule has 5 aromatic carbocycles. The minimum atomic E-state index is -0.0328. The molecule has 0 saturated heterocycles. The second-order valence-corrected chi connectivity index (χ2v) is 15.5. The Bertz CT molecular complexity index is 2970. The van der Waals surface area contributed by atoms with Crippen molar-refractivity contribution in [2.24, 2.45) is 0 Å². The van der Waals surface area contributed by atoms with Gasteiger partial charge in [-0.25, -0.2) is 9.97 Å². The molecule has 56 heavy (non-hydrogen) atoms. The molecule has 0 amide bonds. The van der Waals surface area contributed by atoms with Gasteiger partial charge in [-0.15, -0.1) is 30.3 Å². The number of aryl methyl sites for hydroxylation is 3. The van der Waals surface area contributed by atoms with Gasteiger partial charge in [0.25, 0.3) is 0 Å². The van der Waals surface area contributed by atoms with Gasteiger partial charge in [-0.05, 0) is 90.0 Å². The predicted octanol–water partition coefficient (Wildman–Crippen LogP) is 12.5. The third kappa shape index (κ3) is 5.76. The van der Waals surface area contributed by atoms with Crippen LogP contribution in [0.4, 0.5) is 22.9 Å². The van der Waals surface area contributed by atoms with Crippen LogP contribution in [-0.4, -0.2) is 14.5 Å². The van der Waals surface area contributed by atoms with Crippen LogP contribution < -0.4 is 14.5 Å². The van der Waals surface area contributed by atoms with E-state index in [1.54, 1.807) is 0 Å². The molecule has 0 fully saturated rings. The second kappa shape index (κ2) is 13.4. The van der Waals surface area contributed by atoms with Crippen LogP contribution in [0.3, 0.4) is 0 Å². The SMILES string of the molecule is Cc1cc(C)c(N2[CH-]N(c3[c-]c(Oc4[c-]c5c(cc4)c4ccccc4n5-c4cc(C(C)(C)C)ccn4)cc4oc5ccccc5c34)c3ncccc32)c(C)c1.[Pt]. The van der Waals surface area contributed by atoms with E-state index in [0.717, 1.165) is 66.9 Å². The van der Waals surface area contributed by atoms with Gasteiger partial charge in [0.15, 0.2) is 0 Å². The van der Waals surface area contributed by atoms with Crippen molar-refractivity contribution in [3.8, 4) is 17.3 Å². The minimum Gasteiger partial charge on any atom is -0.509 e.